The molecule has 0 saturated heterocycles. The highest BCUT2D eigenvalue weighted by atomic mass is 16.2. The second-order valence-corrected chi connectivity index (χ2v) is 7.89. The predicted octanol–water partition coefficient (Wildman–Crippen LogP) is 3.77. The summed E-state index contributed by atoms with van der Waals surface area (Å²) in [5.41, 5.74) is 5.86. The number of rotatable bonds is 2. The Hall–Kier alpha value is -3.94. The molecule has 5 rings (SSSR count). The van der Waals surface area contributed by atoms with Crippen molar-refractivity contribution < 1.29 is 9.59 Å². The third-order valence-electron chi connectivity index (χ3n) is 5.73. The van der Waals surface area contributed by atoms with Gasteiger partial charge in [-0.2, -0.15) is 4.98 Å². The zero-order chi connectivity index (χ0) is 21.7. The molecule has 0 bridgehead atoms. The number of carbonyl (C=O) groups excluding carboxylic acids is 2. The van der Waals surface area contributed by atoms with Gasteiger partial charge in [0.25, 0.3) is 5.91 Å². The molecule has 2 aliphatic heterocycles. The Morgan fingerprint density at radius 1 is 1.00 bits per heavy atom. The van der Waals surface area contributed by atoms with E-state index in [4.69, 9.17) is 4.98 Å². The van der Waals surface area contributed by atoms with Crippen molar-refractivity contribution in [2.75, 3.05) is 34.5 Å². The van der Waals surface area contributed by atoms with Gasteiger partial charge in [0.05, 0.1) is 17.4 Å². The highest BCUT2D eigenvalue weighted by Crippen LogP contribution is 2.38. The second kappa shape index (κ2) is 7.09. The molecule has 2 N–H and O–H groups in total. The number of anilines is 6. The van der Waals surface area contributed by atoms with E-state index >= 15 is 0 Å². The van der Waals surface area contributed by atoms with E-state index in [1.54, 1.807) is 18.1 Å². The minimum Gasteiger partial charge on any atom is -0.327 e. The van der Waals surface area contributed by atoms with Crippen molar-refractivity contribution in [2.45, 2.75) is 19.8 Å². The Bertz CT molecular complexity index is 1240. The number of hydrogen-bond acceptors (Lipinski definition) is 6. The van der Waals surface area contributed by atoms with Gasteiger partial charge in [-0.25, -0.2) is 4.98 Å². The van der Waals surface area contributed by atoms with Crippen molar-refractivity contribution >= 4 is 46.3 Å². The summed E-state index contributed by atoms with van der Waals surface area (Å²) in [6, 6.07) is 11.6. The molecule has 3 heterocycles. The fourth-order valence-electron chi connectivity index (χ4n) is 4.02. The summed E-state index contributed by atoms with van der Waals surface area (Å²) in [6.45, 7) is 1.97. The average molecular weight is 414 g/mol. The van der Waals surface area contributed by atoms with Crippen LogP contribution in [0.5, 0.6) is 0 Å². The summed E-state index contributed by atoms with van der Waals surface area (Å²) < 4.78 is 0. The number of nitrogens with zero attached hydrogens (tertiary/aromatic N) is 4. The lowest BCUT2D eigenvalue weighted by molar-refractivity contribution is -0.116. The zero-order valence-corrected chi connectivity index (χ0v) is 17.6. The summed E-state index contributed by atoms with van der Waals surface area (Å²) >= 11 is 0. The third kappa shape index (κ3) is 3.26. The Kier molecular flexibility index (Phi) is 4.35. The summed E-state index contributed by atoms with van der Waals surface area (Å²) in [7, 11) is 3.64. The molecular weight excluding hydrogens is 392 g/mol. The van der Waals surface area contributed by atoms with Gasteiger partial charge in [0.2, 0.25) is 11.9 Å². The molecule has 0 spiro atoms. The molecule has 0 radical (unpaired) electrons. The van der Waals surface area contributed by atoms with E-state index in [2.05, 4.69) is 15.6 Å². The maximum atomic E-state index is 13.0. The van der Waals surface area contributed by atoms with E-state index in [9.17, 15) is 9.59 Å². The molecule has 3 aromatic rings. The van der Waals surface area contributed by atoms with Crippen molar-refractivity contribution in [2.24, 2.45) is 0 Å². The van der Waals surface area contributed by atoms with Crippen LogP contribution in [0.1, 0.15) is 27.9 Å². The highest BCUT2D eigenvalue weighted by molar-refractivity contribution is 6.13. The van der Waals surface area contributed by atoms with Crippen LogP contribution in [0.3, 0.4) is 0 Å². The van der Waals surface area contributed by atoms with E-state index in [-0.39, 0.29) is 11.8 Å². The van der Waals surface area contributed by atoms with Gasteiger partial charge >= 0.3 is 0 Å². The van der Waals surface area contributed by atoms with Gasteiger partial charge in [-0.1, -0.05) is 11.6 Å². The van der Waals surface area contributed by atoms with Crippen LogP contribution in [0.25, 0.3) is 0 Å². The molecule has 0 unspecified atom stereocenters. The van der Waals surface area contributed by atoms with Gasteiger partial charge in [0, 0.05) is 31.9 Å². The first-order valence-corrected chi connectivity index (χ1v) is 10.1. The number of fused-ring (bicyclic) bond motifs is 3. The minimum atomic E-state index is -0.0923. The number of nitrogens with one attached hydrogen (secondary N) is 2. The lowest BCUT2D eigenvalue weighted by Gasteiger charge is -2.21. The Morgan fingerprint density at radius 2 is 1.84 bits per heavy atom. The molecule has 1 aromatic heterocycles. The largest absolute Gasteiger partial charge is 0.327 e. The van der Waals surface area contributed by atoms with Crippen molar-refractivity contribution in [3.63, 3.8) is 0 Å². The normalized spacial score (nSPS) is 14.9. The van der Waals surface area contributed by atoms with Crippen LogP contribution < -0.4 is 20.4 Å². The first kappa shape index (κ1) is 19.0. The van der Waals surface area contributed by atoms with Gasteiger partial charge in [0.1, 0.15) is 5.69 Å². The monoisotopic (exact) mass is 414 g/mol. The van der Waals surface area contributed by atoms with Crippen LogP contribution in [0.15, 0.2) is 42.6 Å². The quantitative estimate of drug-likeness (QED) is 0.663. The topological polar surface area (TPSA) is 90.5 Å². The second-order valence-electron chi connectivity index (χ2n) is 7.89. The van der Waals surface area contributed by atoms with Crippen molar-refractivity contribution in [1.29, 1.82) is 0 Å². The predicted molar refractivity (Wildman–Crippen MR) is 121 cm³/mol. The minimum absolute atomic E-state index is 0.0412. The summed E-state index contributed by atoms with van der Waals surface area (Å²) in [5, 5.41) is 6.14. The van der Waals surface area contributed by atoms with E-state index in [1.807, 2.05) is 55.3 Å². The molecule has 2 aromatic carbocycles. The van der Waals surface area contributed by atoms with E-state index < -0.39 is 0 Å². The van der Waals surface area contributed by atoms with Gasteiger partial charge in [-0.3, -0.25) is 9.59 Å². The van der Waals surface area contributed by atoms with E-state index in [0.29, 0.717) is 35.9 Å². The number of hydrogen-bond donors (Lipinski definition) is 2. The van der Waals surface area contributed by atoms with Gasteiger partial charge < -0.3 is 20.4 Å². The Labute approximate surface area is 179 Å². The van der Waals surface area contributed by atoms with Crippen molar-refractivity contribution in [3.05, 3.63) is 59.3 Å². The zero-order valence-electron chi connectivity index (χ0n) is 17.6. The number of benzene rings is 2. The lowest BCUT2D eigenvalue weighted by Crippen LogP contribution is -2.25. The molecule has 2 amide bonds. The Morgan fingerprint density at radius 3 is 2.68 bits per heavy atom. The molecule has 0 aliphatic carbocycles. The molecule has 8 nitrogen and oxygen atoms in total. The third-order valence-corrected chi connectivity index (χ3v) is 5.73. The first-order chi connectivity index (χ1) is 14.9. The number of carbonyl (C=O) groups is 2. The molecule has 0 atom stereocenters. The molecule has 0 fully saturated rings. The molecule has 156 valence electrons. The van der Waals surface area contributed by atoms with Crippen molar-refractivity contribution in [3.8, 4) is 0 Å². The van der Waals surface area contributed by atoms with Gasteiger partial charge in [-0.05, 0) is 49.2 Å². The summed E-state index contributed by atoms with van der Waals surface area (Å²) in [6.07, 6.45) is 2.85. The number of amides is 2. The number of aromatic nitrogens is 2. The fourth-order valence-corrected chi connectivity index (χ4v) is 4.02. The van der Waals surface area contributed by atoms with Crippen LogP contribution in [-0.4, -0.2) is 35.9 Å². The van der Waals surface area contributed by atoms with Crippen LogP contribution in [0, 0.1) is 6.92 Å². The summed E-state index contributed by atoms with van der Waals surface area (Å²) in [5.74, 6) is 1.02. The maximum absolute atomic E-state index is 13.0. The van der Waals surface area contributed by atoms with Crippen LogP contribution >= 0.6 is 0 Å². The van der Waals surface area contributed by atoms with Gasteiger partial charge in [-0.15, -0.1) is 0 Å². The van der Waals surface area contributed by atoms with Crippen LogP contribution in [0.2, 0.25) is 0 Å². The average Bonchev–Trinajstić information content (AvgIpc) is 2.84. The number of aryl methyl sites for hydroxylation is 2. The Balaban J connectivity index is 1.51. The standard InChI is InChI=1S/C23H22N6O2/c1-13-4-8-18-16(10-13)22(31)29(3)19-12-24-23(27-21(19)28(18)2)25-15-6-7-17-14(11-15)5-9-20(30)26-17/h4,6-8,10-12H,5,9H2,1-3H3,(H,26,30)(H,24,25,27). The molecule has 8 heteroatoms. The van der Waals surface area contributed by atoms with Crippen LogP contribution in [-0.2, 0) is 11.2 Å². The highest BCUT2D eigenvalue weighted by Gasteiger charge is 2.29. The SMILES string of the molecule is Cc1ccc2c(c1)C(=O)N(C)c1cnc(Nc3ccc4c(c3)CCC(=O)N4)nc1N2C. The van der Waals surface area contributed by atoms with Crippen molar-refractivity contribution in [1.82, 2.24) is 9.97 Å². The smallest absolute Gasteiger partial charge is 0.260 e. The lowest BCUT2D eigenvalue weighted by atomic mass is 10.0. The first-order valence-electron chi connectivity index (χ1n) is 10.1. The van der Waals surface area contributed by atoms with E-state index in [1.165, 1.54) is 0 Å². The summed E-state index contributed by atoms with van der Waals surface area (Å²) in [4.78, 5) is 37.3. The fraction of sp³-hybridized carbons (Fsp3) is 0.217. The van der Waals surface area contributed by atoms with E-state index in [0.717, 1.165) is 28.2 Å². The molecular formula is C23H22N6O2. The molecule has 0 saturated carbocycles. The molecule has 31 heavy (non-hydrogen) atoms. The maximum Gasteiger partial charge on any atom is 0.260 e. The van der Waals surface area contributed by atoms with Crippen LogP contribution in [0.4, 0.5) is 34.5 Å². The molecule has 2 aliphatic rings. The van der Waals surface area contributed by atoms with Gasteiger partial charge in [0.15, 0.2) is 5.82 Å².